The molecule has 25 heavy (non-hydrogen) atoms. The molecule has 138 valence electrons. The minimum absolute atomic E-state index is 0.0479. The number of rotatable bonds is 6. The van der Waals surface area contributed by atoms with Crippen LogP contribution in [0.15, 0.2) is 30.3 Å². The fourth-order valence-corrected chi connectivity index (χ4v) is 4.61. The summed E-state index contributed by atoms with van der Waals surface area (Å²) < 4.78 is 6.09. The lowest BCUT2D eigenvalue weighted by molar-refractivity contribution is -0.0921. The molecule has 3 rings (SSSR count). The molecular formula is C21H32N2O2. The van der Waals surface area contributed by atoms with Gasteiger partial charge in [-0.3, -0.25) is 0 Å². The van der Waals surface area contributed by atoms with Gasteiger partial charge in [0.1, 0.15) is 6.10 Å². The summed E-state index contributed by atoms with van der Waals surface area (Å²) in [6.45, 7) is 5.54. The number of carbonyl (C=O) groups is 1. The molecule has 4 heteroatoms. The van der Waals surface area contributed by atoms with Crippen LogP contribution in [0.25, 0.3) is 0 Å². The minimum atomic E-state index is -0.165. The van der Waals surface area contributed by atoms with Gasteiger partial charge in [0.05, 0.1) is 5.56 Å². The first kappa shape index (κ1) is 18.4. The Morgan fingerprint density at radius 2 is 1.96 bits per heavy atom. The lowest BCUT2D eigenvalue weighted by Gasteiger charge is -2.51. The monoisotopic (exact) mass is 344 g/mol. The van der Waals surface area contributed by atoms with Crippen LogP contribution in [0.2, 0.25) is 0 Å². The Morgan fingerprint density at radius 1 is 1.20 bits per heavy atom. The zero-order chi connectivity index (χ0) is 17.8. The van der Waals surface area contributed by atoms with Crippen molar-refractivity contribution in [1.82, 2.24) is 9.80 Å². The van der Waals surface area contributed by atoms with Crippen molar-refractivity contribution in [3.05, 3.63) is 35.9 Å². The molecule has 1 aliphatic heterocycles. The highest BCUT2D eigenvalue weighted by molar-refractivity contribution is 5.89. The van der Waals surface area contributed by atoms with Gasteiger partial charge in [-0.1, -0.05) is 31.5 Å². The summed E-state index contributed by atoms with van der Waals surface area (Å²) >= 11 is 0. The molecule has 1 aromatic carbocycles. The van der Waals surface area contributed by atoms with E-state index in [1.807, 2.05) is 30.3 Å². The van der Waals surface area contributed by atoms with E-state index in [0.29, 0.717) is 23.4 Å². The number of hydrogen-bond donors (Lipinski definition) is 0. The van der Waals surface area contributed by atoms with E-state index in [9.17, 15) is 4.79 Å². The van der Waals surface area contributed by atoms with Crippen molar-refractivity contribution >= 4 is 5.97 Å². The van der Waals surface area contributed by atoms with Gasteiger partial charge in [-0.25, -0.2) is 4.79 Å². The number of hydrogen-bond acceptors (Lipinski definition) is 4. The average molecular weight is 344 g/mol. The number of carbonyl (C=O) groups excluding carboxylic acids is 1. The Labute approximate surface area is 152 Å². The number of ether oxygens (including phenoxy) is 1. The zero-order valence-corrected chi connectivity index (χ0v) is 15.9. The van der Waals surface area contributed by atoms with Crippen molar-refractivity contribution in [2.75, 3.05) is 33.7 Å². The predicted octanol–water partition coefficient (Wildman–Crippen LogP) is 3.28. The Hall–Kier alpha value is -1.39. The molecule has 1 heterocycles. The highest BCUT2D eigenvalue weighted by Crippen LogP contribution is 2.39. The van der Waals surface area contributed by atoms with Crippen LogP contribution in [0.5, 0.6) is 0 Å². The Kier molecular flexibility index (Phi) is 6.13. The Morgan fingerprint density at radius 3 is 2.64 bits per heavy atom. The van der Waals surface area contributed by atoms with Crippen LogP contribution in [0, 0.1) is 11.8 Å². The summed E-state index contributed by atoms with van der Waals surface area (Å²) in [6.07, 6.45) is 4.89. The third-order valence-electron chi connectivity index (χ3n) is 5.92. The standard InChI is InChI=1S/C21H32N2O2/c1-4-5-13-23-14-17-11-12-19(22(2)3)18(15-23)20(17)25-21(24)16-9-7-6-8-10-16/h6-10,17-20H,4-5,11-15H2,1-3H3. The van der Waals surface area contributed by atoms with E-state index in [-0.39, 0.29) is 12.1 Å². The molecule has 2 fully saturated rings. The summed E-state index contributed by atoms with van der Waals surface area (Å²) in [5, 5.41) is 0. The van der Waals surface area contributed by atoms with E-state index >= 15 is 0 Å². The van der Waals surface area contributed by atoms with E-state index in [0.717, 1.165) is 19.5 Å². The second-order valence-electron chi connectivity index (χ2n) is 7.88. The highest BCUT2D eigenvalue weighted by atomic mass is 16.5. The molecule has 2 aliphatic rings. The van der Waals surface area contributed by atoms with Crippen LogP contribution in [0.4, 0.5) is 0 Å². The summed E-state index contributed by atoms with van der Waals surface area (Å²) in [6, 6.07) is 9.91. The predicted molar refractivity (Wildman–Crippen MR) is 101 cm³/mol. The van der Waals surface area contributed by atoms with Crippen molar-refractivity contribution in [3.8, 4) is 0 Å². The maximum Gasteiger partial charge on any atom is 0.338 e. The van der Waals surface area contributed by atoms with E-state index < -0.39 is 0 Å². The van der Waals surface area contributed by atoms with E-state index in [1.54, 1.807) is 0 Å². The van der Waals surface area contributed by atoms with Crippen molar-refractivity contribution in [3.63, 3.8) is 0 Å². The highest BCUT2D eigenvalue weighted by Gasteiger charge is 2.47. The lowest BCUT2D eigenvalue weighted by atomic mass is 9.71. The van der Waals surface area contributed by atoms with Crippen molar-refractivity contribution in [2.45, 2.75) is 44.8 Å². The molecule has 1 saturated heterocycles. The fourth-order valence-electron chi connectivity index (χ4n) is 4.61. The molecule has 4 atom stereocenters. The van der Waals surface area contributed by atoms with Gasteiger partial charge in [-0.05, 0) is 52.0 Å². The number of piperidine rings is 1. The summed E-state index contributed by atoms with van der Waals surface area (Å²) in [7, 11) is 4.32. The molecule has 2 bridgehead atoms. The molecule has 4 nitrogen and oxygen atoms in total. The third kappa shape index (κ3) is 4.24. The van der Waals surface area contributed by atoms with Crippen LogP contribution in [0.3, 0.4) is 0 Å². The summed E-state index contributed by atoms with van der Waals surface area (Å²) in [5.41, 5.74) is 0.662. The van der Waals surface area contributed by atoms with Crippen LogP contribution < -0.4 is 0 Å². The maximum absolute atomic E-state index is 12.6. The molecule has 1 saturated carbocycles. The minimum Gasteiger partial charge on any atom is -0.458 e. The number of benzene rings is 1. The second kappa shape index (κ2) is 8.33. The third-order valence-corrected chi connectivity index (χ3v) is 5.92. The Balaban J connectivity index is 1.74. The molecule has 4 unspecified atom stereocenters. The topological polar surface area (TPSA) is 32.8 Å². The second-order valence-corrected chi connectivity index (χ2v) is 7.88. The normalized spacial score (nSPS) is 29.6. The van der Waals surface area contributed by atoms with Crippen LogP contribution >= 0.6 is 0 Å². The molecule has 0 amide bonds. The molecule has 0 aromatic heterocycles. The first-order valence-electron chi connectivity index (χ1n) is 9.75. The fraction of sp³-hybridized carbons (Fsp3) is 0.667. The van der Waals surface area contributed by atoms with Gasteiger partial charge in [-0.15, -0.1) is 0 Å². The summed E-state index contributed by atoms with van der Waals surface area (Å²) in [4.78, 5) is 17.6. The number of likely N-dealkylation sites (tertiary alicyclic amines) is 1. The summed E-state index contributed by atoms with van der Waals surface area (Å²) in [5.74, 6) is 0.716. The van der Waals surface area contributed by atoms with Gasteiger partial charge >= 0.3 is 5.97 Å². The maximum atomic E-state index is 12.6. The molecular weight excluding hydrogens is 312 g/mol. The number of unbranched alkanes of at least 4 members (excludes halogenated alkanes) is 1. The van der Waals surface area contributed by atoms with E-state index in [4.69, 9.17) is 4.74 Å². The van der Waals surface area contributed by atoms with Gasteiger partial charge in [0.2, 0.25) is 0 Å². The van der Waals surface area contributed by atoms with Crippen LogP contribution in [-0.2, 0) is 4.74 Å². The molecule has 1 aromatic rings. The molecule has 0 radical (unpaired) electrons. The van der Waals surface area contributed by atoms with Gasteiger partial charge in [-0.2, -0.15) is 0 Å². The van der Waals surface area contributed by atoms with Gasteiger partial charge in [0.25, 0.3) is 0 Å². The number of esters is 1. The Bertz CT molecular complexity index is 560. The number of fused-ring (bicyclic) bond motifs is 2. The quantitative estimate of drug-likeness (QED) is 0.742. The lowest BCUT2D eigenvalue weighted by Crippen LogP contribution is -2.60. The largest absolute Gasteiger partial charge is 0.458 e. The first-order valence-corrected chi connectivity index (χ1v) is 9.75. The molecule has 1 aliphatic carbocycles. The van der Waals surface area contributed by atoms with Crippen molar-refractivity contribution in [1.29, 1.82) is 0 Å². The van der Waals surface area contributed by atoms with Gasteiger partial charge in [0.15, 0.2) is 0 Å². The van der Waals surface area contributed by atoms with E-state index in [2.05, 4.69) is 30.8 Å². The van der Waals surface area contributed by atoms with Crippen LogP contribution in [0.1, 0.15) is 43.0 Å². The van der Waals surface area contributed by atoms with Gasteiger partial charge < -0.3 is 14.5 Å². The van der Waals surface area contributed by atoms with Crippen molar-refractivity contribution in [2.24, 2.45) is 11.8 Å². The SMILES string of the molecule is CCCCN1CC2CCC(N(C)C)C(C1)C2OC(=O)c1ccccc1. The molecule has 0 spiro atoms. The smallest absolute Gasteiger partial charge is 0.338 e. The van der Waals surface area contributed by atoms with Gasteiger partial charge in [0, 0.05) is 31.0 Å². The molecule has 0 N–H and O–H groups in total. The van der Waals surface area contributed by atoms with E-state index in [1.165, 1.54) is 25.8 Å². The van der Waals surface area contributed by atoms with Crippen molar-refractivity contribution < 1.29 is 9.53 Å². The van der Waals surface area contributed by atoms with Crippen LogP contribution in [-0.4, -0.2) is 61.6 Å². The number of nitrogens with zero attached hydrogens (tertiary/aromatic N) is 2. The average Bonchev–Trinajstić information content (AvgIpc) is 2.60. The zero-order valence-electron chi connectivity index (χ0n) is 15.9. The first-order chi connectivity index (χ1) is 12.1.